The van der Waals surface area contributed by atoms with E-state index in [0.717, 1.165) is 5.56 Å². The Morgan fingerprint density at radius 3 is 2.45 bits per heavy atom. The highest BCUT2D eigenvalue weighted by molar-refractivity contribution is 7.89. The monoisotopic (exact) mass is 536 g/mol. The molecular weight excluding hydrogens is 504 g/mol. The Bertz CT molecular complexity index is 1470. The smallest absolute Gasteiger partial charge is 0.305 e. The second-order valence-corrected chi connectivity index (χ2v) is 11.5. The van der Waals surface area contributed by atoms with Crippen molar-refractivity contribution in [2.75, 3.05) is 25.0 Å². The summed E-state index contributed by atoms with van der Waals surface area (Å²) in [5.41, 5.74) is 1.97. The van der Waals surface area contributed by atoms with Crippen LogP contribution in [0.4, 0.5) is 6.01 Å². The molecule has 0 radical (unpaired) electrons. The maximum atomic E-state index is 13.6. The molecule has 200 valence electrons. The van der Waals surface area contributed by atoms with Crippen molar-refractivity contribution in [2.45, 2.75) is 37.7 Å². The molecule has 1 N–H and O–H groups in total. The van der Waals surface area contributed by atoms with E-state index in [9.17, 15) is 18.3 Å². The van der Waals surface area contributed by atoms with Gasteiger partial charge in [0.25, 0.3) is 5.91 Å². The lowest BCUT2D eigenvalue weighted by atomic mass is 10.1. The van der Waals surface area contributed by atoms with E-state index >= 15 is 0 Å². The Morgan fingerprint density at radius 1 is 1.03 bits per heavy atom. The van der Waals surface area contributed by atoms with Gasteiger partial charge in [-0.2, -0.15) is 9.29 Å². The minimum absolute atomic E-state index is 0.0195. The van der Waals surface area contributed by atoms with E-state index in [1.807, 2.05) is 44.2 Å². The van der Waals surface area contributed by atoms with Crippen molar-refractivity contribution in [1.29, 1.82) is 0 Å². The number of pyridine rings is 1. The average Bonchev–Trinajstić information content (AvgIpc) is 3.35. The van der Waals surface area contributed by atoms with Crippen LogP contribution in [0.15, 0.2) is 82.2 Å². The molecule has 1 amide bonds. The normalized spacial score (nSPS) is 12.8. The third kappa shape index (κ3) is 6.45. The van der Waals surface area contributed by atoms with Crippen molar-refractivity contribution in [3.05, 3.63) is 84.2 Å². The summed E-state index contributed by atoms with van der Waals surface area (Å²) in [6, 6.07) is 19.2. The molecule has 2 aromatic heterocycles. The minimum atomic E-state index is -3.94. The molecule has 0 aliphatic rings. The van der Waals surface area contributed by atoms with Crippen LogP contribution in [0.5, 0.6) is 0 Å². The van der Waals surface area contributed by atoms with Crippen LogP contribution in [0.1, 0.15) is 36.3 Å². The first-order chi connectivity index (χ1) is 18.1. The summed E-state index contributed by atoms with van der Waals surface area (Å²) in [6.07, 6.45) is 1.78. The lowest BCUT2D eigenvalue weighted by Crippen LogP contribution is -2.40. The summed E-state index contributed by atoms with van der Waals surface area (Å²) >= 11 is 0. The number of aliphatic hydroxyl groups excluding tert-OH is 1. The first-order valence-electron chi connectivity index (χ1n) is 12.5. The van der Waals surface area contributed by atoms with Gasteiger partial charge in [-0.1, -0.05) is 50.2 Å². The predicted octanol–water partition coefficient (Wildman–Crippen LogP) is 4.14. The topological polar surface area (TPSA) is 117 Å². The Balaban J connectivity index is 1.54. The molecule has 2 aromatic carbocycles. The van der Waals surface area contributed by atoms with Crippen LogP contribution in [0.2, 0.25) is 0 Å². The van der Waals surface area contributed by atoms with Crippen LogP contribution in [-0.2, 0) is 16.4 Å². The van der Waals surface area contributed by atoms with Gasteiger partial charge in [-0.15, -0.1) is 0 Å². The van der Waals surface area contributed by atoms with E-state index in [2.05, 4.69) is 9.97 Å². The van der Waals surface area contributed by atoms with Crippen molar-refractivity contribution in [3.8, 4) is 0 Å². The van der Waals surface area contributed by atoms with Gasteiger partial charge in [0.1, 0.15) is 11.2 Å². The van der Waals surface area contributed by atoms with Crippen molar-refractivity contribution >= 4 is 33.0 Å². The number of oxazole rings is 1. The quantitative estimate of drug-likeness (QED) is 0.306. The molecule has 4 aromatic rings. The summed E-state index contributed by atoms with van der Waals surface area (Å²) in [6.45, 7) is 4.10. The number of carbonyl (C=O) groups excluding carboxylic acids is 1. The fourth-order valence-electron chi connectivity index (χ4n) is 4.08. The largest absolute Gasteiger partial charge is 0.423 e. The average molecular weight is 537 g/mol. The van der Waals surface area contributed by atoms with Crippen LogP contribution in [-0.4, -0.2) is 59.9 Å². The Morgan fingerprint density at radius 2 is 1.76 bits per heavy atom. The van der Waals surface area contributed by atoms with Gasteiger partial charge in [0, 0.05) is 32.4 Å². The van der Waals surface area contributed by atoms with E-state index in [0.29, 0.717) is 18.4 Å². The van der Waals surface area contributed by atoms with Crippen LogP contribution in [0.25, 0.3) is 11.1 Å². The zero-order chi connectivity index (χ0) is 27.3. The maximum Gasteiger partial charge on any atom is 0.305 e. The second-order valence-electron chi connectivity index (χ2n) is 9.60. The van der Waals surface area contributed by atoms with Crippen LogP contribution in [0, 0.1) is 5.92 Å². The number of aliphatic hydroxyl groups is 1. The number of benzene rings is 2. The Hall–Kier alpha value is -3.60. The van der Waals surface area contributed by atoms with Crippen molar-refractivity contribution in [3.63, 3.8) is 0 Å². The Kier molecular flexibility index (Phi) is 8.55. The van der Waals surface area contributed by atoms with Gasteiger partial charge in [-0.25, -0.2) is 8.42 Å². The molecule has 0 spiro atoms. The lowest BCUT2D eigenvalue weighted by Gasteiger charge is -2.26. The van der Waals surface area contributed by atoms with Crippen LogP contribution >= 0.6 is 0 Å². The summed E-state index contributed by atoms with van der Waals surface area (Å²) in [5, 5.41) is 10.7. The van der Waals surface area contributed by atoms with E-state index in [4.69, 9.17) is 4.42 Å². The highest BCUT2D eigenvalue weighted by Crippen LogP contribution is 2.27. The Labute approximate surface area is 222 Å². The SMILES string of the molecule is CC(C)CN(CC(O)CCc1ccccc1)S(=O)(=O)c1ccc2nc(N(C)C(=O)c3ccccn3)oc2c1. The third-order valence-corrected chi connectivity index (χ3v) is 7.88. The van der Waals surface area contributed by atoms with E-state index in [1.165, 1.54) is 34.6 Å². The molecule has 10 heteroatoms. The third-order valence-electron chi connectivity index (χ3n) is 6.05. The minimum Gasteiger partial charge on any atom is -0.423 e. The van der Waals surface area contributed by atoms with E-state index in [-0.39, 0.29) is 41.2 Å². The standard InChI is InChI=1S/C28H32N4O5S/c1-20(2)18-32(19-22(33)13-12-21-9-5-4-6-10-21)38(35,36)23-14-15-24-26(17-23)37-28(30-24)31(3)27(34)25-11-7-8-16-29-25/h4-11,14-17,20,22,33H,12-13,18-19H2,1-3H3. The number of amides is 1. The summed E-state index contributed by atoms with van der Waals surface area (Å²) in [7, 11) is -2.43. The molecule has 38 heavy (non-hydrogen) atoms. The summed E-state index contributed by atoms with van der Waals surface area (Å²) in [5.74, 6) is -0.351. The molecule has 1 atom stereocenters. The number of anilines is 1. The van der Waals surface area contributed by atoms with Gasteiger partial charge in [-0.05, 0) is 48.6 Å². The molecule has 0 saturated carbocycles. The molecular formula is C28H32N4O5S. The lowest BCUT2D eigenvalue weighted by molar-refractivity contribution is 0.0983. The molecule has 2 heterocycles. The fourth-order valence-corrected chi connectivity index (χ4v) is 5.73. The zero-order valence-electron chi connectivity index (χ0n) is 21.7. The summed E-state index contributed by atoms with van der Waals surface area (Å²) in [4.78, 5) is 22.4. The van der Waals surface area contributed by atoms with Crippen molar-refractivity contribution in [2.24, 2.45) is 5.92 Å². The number of sulfonamides is 1. The molecule has 0 aliphatic heterocycles. The number of aryl methyl sites for hydroxylation is 1. The van der Waals surface area contributed by atoms with E-state index < -0.39 is 22.0 Å². The van der Waals surface area contributed by atoms with Gasteiger partial charge in [-0.3, -0.25) is 14.7 Å². The second kappa shape index (κ2) is 11.8. The van der Waals surface area contributed by atoms with Crippen LogP contribution < -0.4 is 4.90 Å². The predicted molar refractivity (Wildman–Crippen MR) is 145 cm³/mol. The van der Waals surface area contributed by atoms with Gasteiger partial charge in [0.15, 0.2) is 5.58 Å². The molecule has 4 rings (SSSR count). The zero-order valence-corrected chi connectivity index (χ0v) is 22.5. The molecule has 9 nitrogen and oxygen atoms in total. The molecule has 0 saturated heterocycles. The van der Waals surface area contributed by atoms with Gasteiger partial charge in [0.2, 0.25) is 10.0 Å². The fraction of sp³-hybridized carbons (Fsp3) is 0.321. The first kappa shape index (κ1) is 27.4. The number of nitrogens with zero attached hydrogens (tertiary/aromatic N) is 4. The van der Waals surface area contributed by atoms with E-state index in [1.54, 1.807) is 24.3 Å². The number of rotatable bonds is 11. The number of aromatic nitrogens is 2. The summed E-state index contributed by atoms with van der Waals surface area (Å²) < 4.78 is 34.4. The van der Waals surface area contributed by atoms with Gasteiger partial charge in [0.05, 0.1) is 11.0 Å². The molecule has 0 aliphatic carbocycles. The highest BCUT2D eigenvalue weighted by atomic mass is 32.2. The number of fused-ring (bicyclic) bond motifs is 1. The van der Waals surface area contributed by atoms with Gasteiger partial charge < -0.3 is 9.52 Å². The van der Waals surface area contributed by atoms with Gasteiger partial charge >= 0.3 is 6.01 Å². The van der Waals surface area contributed by atoms with Crippen molar-refractivity contribution in [1.82, 2.24) is 14.3 Å². The number of hydrogen-bond acceptors (Lipinski definition) is 7. The maximum absolute atomic E-state index is 13.6. The number of hydrogen-bond donors (Lipinski definition) is 1. The number of carbonyl (C=O) groups is 1. The van der Waals surface area contributed by atoms with Crippen LogP contribution in [0.3, 0.4) is 0 Å². The molecule has 0 fully saturated rings. The first-order valence-corrected chi connectivity index (χ1v) is 13.9. The van der Waals surface area contributed by atoms with Crippen molar-refractivity contribution < 1.29 is 22.7 Å². The highest BCUT2D eigenvalue weighted by Gasteiger charge is 2.28. The molecule has 1 unspecified atom stereocenters. The molecule has 0 bridgehead atoms.